The molecular weight excluding hydrogens is 440 g/mol. The third-order valence-corrected chi connectivity index (χ3v) is 5.99. The van der Waals surface area contributed by atoms with Gasteiger partial charge >= 0.3 is 5.97 Å². The molecule has 0 saturated carbocycles. The Labute approximate surface area is 196 Å². The maximum absolute atomic E-state index is 12.8. The van der Waals surface area contributed by atoms with Gasteiger partial charge in [-0.25, -0.2) is 4.79 Å². The van der Waals surface area contributed by atoms with Crippen molar-refractivity contribution in [3.8, 4) is 11.1 Å². The van der Waals surface area contributed by atoms with Crippen LogP contribution in [0.1, 0.15) is 40.1 Å². The summed E-state index contributed by atoms with van der Waals surface area (Å²) in [6, 6.07) is 18.7. The van der Waals surface area contributed by atoms with Gasteiger partial charge in [-0.15, -0.1) is 0 Å². The average molecular weight is 463 g/mol. The molecule has 0 saturated heterocycles. The van der Waals surface area contributed by atoms with Crippen LogP contribution in [0.3, 0.4) is 0 Å². The smallest absolute Gasteiger partial charge is 0.326 e. The Kier molecular flexibility index (Phi) is 6.20. The molecule has 3 aromatic rings. The summed E-state index contributed by atoms with van der Waals surface area (Å²) >= 11 is 5.87. The number of amides is 2. The van der Waals surface area contributed by atoms with Crippen LogP contribution in [0, 0.1) is 5.92 Å². The van der Waals surface area contributed by atoms with E-state index in [1.165, 1.54) is 4.90 Å². The number of nitrogens with one attached hydrogen (secondary N) is 1. The zero-order valence-corrected chi connectivity index (χ0v) is 19.0. The summed E-state index contributed by atoms with van der Waals surface area (Å²) in [4.78, 5) is 38.3. The first-order valence-corrected chi connectivity index (χ1v) is 11.0. The van der Waals surface area contributed by atoms with Gasteiger partial charge in [-0.2, -0.15) is 0 Å². The maximum atomic E-state index is 12.8. The van der Waals surface area contributed by atoms with Gasteiger partial charge < -0.3 is 15.3 Å². The van der Waals surface area contributed by atoms with Crippen molar-refractivity contribution in [2.45, 2.75) is 26.4 Å². The van der Waals surface area contributed by atoms with Gasteiger partial charge in [0.05, 0.1) is 0 Å². The number of carbonyl (C=O) groups excluding carboxylic acids is 2. The second-order valence-electron chi connectivity index (χ2n) is 8.37. The number of rotatable bonds is 6. The molecule has 2 amide bonds. The molecule has 0 spiro atoms. The lowest BCUT2D eigenvalue weighted by atomic mass is 10.0. The number of carboxylic acids is 1. The van der Waals surface area contributed by atoms with Crippen LogP contribution in [0.25, 0.3) is 11.1 Å². The third kappa shape index (κ3) is 4.61. The van der Waals surface area contributed by atoms with E-state index in [-0.39, 0.29) is 24.3 Å². The lowest BCUT2D eigenvalue weighted by Crippen LogP contribution is -2.44. The fourth-order valence-corrected chi connectivity index (χ4v) is 4.20. The third-order valence-electron chi connectivity index (χ3n) is 5.74. The number of halogens is 1. The number of hydrogen-bond donors (Lipinski definition) is 2. The first-order chi connectivity index (χ1) is 15.7. The fourth-order valence-electron chi connectivity index (χ4n) is 4.08. The fraction of sp³-hybridized carbons (Fsp3) is 0.192. The topological polar surface area (TPSA) is 86.7 Å². The van der Waals surface area contributed by atoms with E-state index in [1.54, 1.807) is 44.2 Å². The van der Waals surface area contributed by atoms with Crippen molar-refractivity contribution in [1.29, 1.82) is 0 Å². The van der Waals surface area contributed by atoms with Gasteiger partial charge in [-0.3, -0.25) is 9.59 Å². The van der Waals surface area contributed by atoms with Gasteiger partial charge in [-0.05, 0) is 71.1 Å². The van der Waals surface area contributed by atoms with E-state index in [1.807, 2.05) is 36.4 Å². The molecule has 4 rings (SSSR count). The molecule has 0 unspecified atom stereocenters. The Balaban J connectivity index is 1.51. The minimum absolute atomic E-state index is 0.198. The summed E-state index contributed by atoms with van der Waals surface area (Å²) in [5.74, 6) is -1.68. The quantitative estimate of drug-likeness (QED) is 0.518. The lowest BCUT2D eigenvalue weighted by molar-refractivity contribution is -0.144. The van der Waals surface area contributed by atoms with E-state index in [0.717, 1.165) is 16.7 Å². The van der Waals surface area contributed by atoms with E-state index in [0.29, 0.717) is 21.8 Å². The minimum atomic E-state index is -0.998. The molecule has 0 fully saturated rings. The van der Waals surface area contributed by atoms with Crippen LogP contribution in [0.2, 0.25) is 5.02 Å². The SMILES string of the molecule is CC(C)[C@@H](C(=O)O)N1Cc2cc(-c3ccc(NC(=O)c4ccc(Cl)cc4)cc3)ccc2C1=O. The number of benzene rings is 3. The van der Waals surface area contributed by atoms with Crippen LogP contribution in [0.15, 0.2) is 66.7 Å². The van der Waals surface area contributed by atoms with Crippen LogP contribution in [-0.2, 0) is 11.3 Å². The van der Waals surface area contributed by atoms with E-state index >= 15 is 0 Å². The number of carbonyl (C=O) groups is 3. The molecule has 1 heterocycles. The normalized spacial score (nSPS) is 13.7. The van der Waals surface area contributed by atoms with Gasteiger partial charge in [0, 0.05) is 28.4 Å². The van der Waals surface area contributed by atoms with E-state index in [9.17, 15) is 19.5 Å². The Morgan fingerprint density at radius 3 is 2.21 bits per heavy atom. The Morgan fingerprint density at radius 2 is 1.61 bits per heavy atom. The summed E-state index contributed by atoms with van der Waals surface area (Å²) in [5.41, 5.74) is 4.35. The van der Waals surface area contributed by atoms with Crippen LogP contribution in [0.4, 0.5) is 5.69 Å². The van der Waals surface area contributed by atoms with Gasteiger partial charge in [0.1, 0.15) is 6.04 Å². The van der Waals surface area contributed by atoms with Crippen LogP contribution in [-0.4, -0.2) is 33.8 Å². The van der Waals surface area contributed by atoms with Crippen molar-refractivity contribution in [2.24, 2.45) is 5.92 Å². The first kappa shape index (κ1) is 22.6. The highest BCUT2D eigenvalue weighted by Gasteiger charge is 2.38. The van der Waals surface area contributed by atoms with Crippen molar-refractivity contribution >= 4 is 35.1 Å². The number of hydrogen-bond acceptors (Lipinski definition) is 3. The summed E-state index contributed by atoms with van der Waals surface area (Å²) in [6.45, 7) is 3.87. The average Bonchev–Trinajstić information content (AvgIpc) is 3.09. The molecule has 1 atom stereocenters. The molecule has 0 bridgehead atoms. The molecule has 168 valence electrons. The van der Waals surface area contributed by atoms with Gasteiger partial charge in [-0.1, -0.05) is 43.6 Å². The number of fused-ring (bicyclic) bond motifs is 1. The van der Waals surface area contributed by atoms with Gasteiger partial charge in [0.15, 0.2) is 0 Å². The van der Waals surface area contributed by atoms with E-state index < -0.39 is 12.0 Å². The zero-order chi connectivity index (χ0) is 23.7. The standard InChI is InChI=1S/C26H23ClN2O4/c1-15(2)23(26(32)33)29-14-19-13-18(7-12-22(19)25(29)31)16-5-10-21(11-6-16)28-24(30)17-3-8-20(27)9-4-17/h3-13,15,23H,14H2,1-2H3,(H,28,30)(H,32,33)/t23-/m0/s1. The molecule has 1 aliphatic heterocycles. The molecule has 6 nitrogen and oxygen atoms in total. The highest BCUT2D eigenvalue weighted by atomic mass is 35.5. The van der Waals surface area contributed by atoms with Crippen molar-refractivity contribution in [3.63, 3.8) is 0 Å². The van der Waals surface area contributed by atoms with Crippen molar-refractivity contribution < 1.29 is 19.5 Å². The molecule has 3 aromatic carbocycles. The van der Waals surface area contributed by atoms with Gasteiger partial charge in [0.2, 0.25) is 0 Å². The highest BCUT2D eigenvalue weighted by molar-refractivity contribution is 6.30. The molecule has 0 aliphatic carbocycles. The highest BCUT2D eigenvalue weighted by Crippen LogP contribution is 2.31. The number of anilines is 1. The van der Waals surface area contributed by atoms with E-state index in [4.69, 9.17) is 11.6 Å². The van der Waals surface area contributed by atoms with Crippen molar-refractivity contribution in [2.75, 3.05) is 5.32 Å². The summed E-state index contributed by atoms with van der Waals surface area (Å²) in [7, 11) is 0. The second-order valence-corrected chi connectivity index (χ2v) is 8.81. The second kappa shape index (κ2) is 9.08. The Bertz CT molecular complexity index is 1220. The summed E-state index contributed by atoms with van der Waals surface area (Å²) < 4.78 is 0. The molecule has 1 aliphatic rings. The van der Waals surface area contributed by atoms with Crippen molar-refractivity contribution in [3.05, 3.63) is 88.4 Å². The largest absolute Gasteiger partial charge is 0.480 e. The lowest BCUT2D eigenvalue weighted by Gasteiger charge is -2.27. The predicted octanol–water partition coefficient (Wildman–Crippen LogP) is 5.32. The molecule has 2 N–H and O–H groups in total. The van der Waals surface area contributed by atoms with Crippen LogP contribution < -0.4 is 5.32 Å². The monoisotopic (exact) mass is 462 g/mol. The van der Waals surface area contributed by atoms with Gasteiger partial charge in [0.25, 0.3) is 11.8 Å². The van der Waals surface area contributed by atoms with Crippen LogP contribution >= 0.6 is 11.6 Å². The predicted molar refractivity (Wildman–Crippen MR) is 127 cm³/mol. The first-order valence-electron chi connectivity index (χ1n) is 10.6. The number of carboxylic acid groups (broad SMARTS) is 1. The number of nitrogens with zero attached hydrogens (tertiary/aromatic N) is 1. The molecule has 0 aromatic heterocycles. The molecule has 0 radical (unpaired) electrons. The molecular formula is C26H23ClN2O4. The molecule has 33 heavy (non-hydrogen) atoms. The minimum Gasteiger partial charge on any atom is -0.480 e. The summed E-state index contributed by atoms with van der Waals surface area (Å²) in [6.07, 6.45) is 0. The molecule has 7 heteroatoms. The zero-order valence-electron chi connectivity index (χ0n) is 18.2. The van der Waals surface area contributed by atoms with E-state index in [2.05, 4.69) is 5.32 Å². The summed E-state index contributed by atoms with van der Waals surface area (Å²) in [5, 5.41) is 13.0. The Hall–Kier alpha value is -3.64. The Morgan fingerprint density at radius 1 is 0.970 bits per heavy atom. The number of aliphatic carboxylic acids is 1. The maximum Gasteiger partial charge on any atom is 0.326 e. The van der Waals surface area contributed by atoms with Crippen LogP contribution in [0.5, 0.6) is 0 Å². The van der Waals surface area contributed by atoms with Crippen molar-refractivity contribution in [1.82, 2.24) is 4.90 Å².